The van der Waals surface area contributed by atoms with Gasteiger partial charge in [-0.3, -0.25) is 4.79 Å². The van der Waals surface area contributed by atoms with Gasteiger partial charge in [-0.15, -0.1) is 0 Å². The molecule has 0 aliphatic heterocycles. The van der Waals surface area contributed by atoms with Crippen molar-refractivity contribution in [1.29, 1.82) is 0 Å². The number of aromatic nitrogens is 1. The summed E-state index contributed by atoms with van der Waals surface area (Å²) in [6.07, 6.45) is 0. The number of nitrogens with one attached hydrogen (secondary N) is 1. The van der Waals surface area contributed by atoms with Crippen molar-refractivity contribution in [1.82, 2.24) is 4.98 Å². The fourth-order valence-corrected chi connectivity index (χ4v) is 1.70. The van der Waals surface area contributed by atoms with Crippen LogP contribution in [0.25, 0.3) is 0 Å². The molecule has 6 nitrogen and oxygen atoms in total. The van der Waals surface area contributed by atoms with Crippen molar-refractivity contribution >= 4 is 29.3 Å². The first-order valence-electron chi connectivity index (χ1n) is 5.47. The van der Waals surface area contributed by atoms with Crippen LogP contribution in [-0.4, -0.2) is 27.1 Å². The first-order chi connectivity index (χ1) is 9.47. The fourth-order valence-electron chi connectivity index (χ4n) is 1.49. The molecule has 7 heteroatoms. The van der Waals surface area contributed by atoms with E-state index in [1.165, 1.54) is 36.4 Å². The lowest BCUT2D eigenvalue weighted by Gasteiger charge is -2.07. The van der Waals surface area contributed by atoms with Crippen molar-refractivity contribution in [2.24, 2.45) is 0 Å². The minimum atomic E-state index is -1.20. The number of carboxylic acids is 1. The molecule has 0 saturated carbocycles. The second-order valence-electron chi connectivity index (χ2n) is 3.83. The smallest absolute Gasteiger partial charge is 0.354 e. The number of amides is 1. The molecule has 3 N–H and O–H groups in total. The topological polar surface area (TPSA) is 99.5 Å². The number of carbonyl (C=O) groups is 2. The largest absolute Gasteiger partial charge is 0.508 e. The Balaban J connectivity index is 2.25. The Morgan fingerprint density at radius 1 is 1.20 bits per heavy atom. The number of phenols is 1. The van der Waals surface area contributed by atoms with Crippen LogP contribution in [0.1, 0.15) is 20.8 Å². The number of aromatic carboxylic acids is 1. The summed E-state index contributed by atoms with van der Waals surface area (Å²) >= 11 is 5.85. The lowest BCUT2D eigenvalue weighted by molar-refractivity contribution is 0.0690. The highest BCUT2D eigenvalue weighted by atomic mass is 35.5. The van der Waals surface area contributed by atoms with Gasteiger partial charge in [0.25, 0.3) is 5.91 Å². The zero-order chi connectivity index (χ0) is 14.7. The molecule has 0 aliphatic rings. The van der Waals surface area contributed by atoms with Gasteiger partial charge in [0.05, 0.1) is 10.6 Å². The number of anilines is 1. The summed E-state index contributed by atoms with van der Waals surface area (Å²) in [5, 5.41) is 20.7. The quantitative estimate of drug-likeness (QED) is 0.806. The van der Waals surface area contributed by atoms with Crippen LogP contribution < -0.4 is 5.32 Å². The van der Waals surface area contributed by atoms with Crippen LogP contribution in [0.3, 0.4) is 0 Å². The number of halogens is 1. The maximum atomic E-state index is 12.0. The molecule has 2 aromatic rings. The highest BCUT2D eigenvalue weighted by Gasteiger charge is 2.13. The molecule has 1 heterocycles. The van der Waals surface area contributed by atoms with Crippen LogP contribution in [0.4, 0.5) is 5.82 Å². The lowest BCUT2D eigenvalue weighted by atomic mass is 10.2. The van der Waals surface area contributed by atoms with Gasteiger partial charge in [0.2, 0.25) is 0 Å². The molecule has 0 atom stereocenters. The van der Waals surface area contributed by atoms with E-state index in [0.29, 0.717) is 0 Å². The summed E-state index contributed by atoms with van der Waals surface area (Å²) in [6.45, 7) is 0. The number of rotatable bonds is 3. The second kappa shape index (κ2) is 5.58. The Morgan fingerprint density at radius 3 is 2.65 bits per heavy atom. The van der Waals surface area contributed by atoms with E-state index in [-0.39, 0.29) is 27.8 Å². The number of hydrogen-bond donors (Lipinski definition) is 3. The van der Waals surface area contributed by atoms with Crippen molar-refractivity contribution in [3.05, 3.63) is 52.7 Å². The van der Waals surface area contributed by atoms with Crippen molar-refractivity contribution in [3.63, 3.8) is 0 Å². The summed E-state index contributed by atoms with van der Waals surface area (Å²) in [5.74, 6) is -1.82. The van der Waals surface area contributed by atoms with E-state index in [4.69, 9.17) is 16.7 Å². The summed E-state index contributed by atoms with van der Waals surface area (Å²) in [5.41, 5.74) is -0.126. The van der Waals surface area contributed by atoms with Gasteiger partial charge < -0.3 is 15.5 Å². The predicted octanol–water partition coefficient (Wildman–Crippen LogP) is 2.39. The maximum Gasteiger partial charge on any atom is 0.354 e. The average molecular weight is 293 g/mol. The molecular formula is C13H9ClN2O4. The Morgan fingerprint density at radius 2 is 1.95 bits per heavy atom. The minimum absolute atomic E-state index is 0.0641. The Hall–Kier alpha value is -2.60. The molecule has 0 saturated heterocycles. The number of benzene rings is 1. The number of aromatic hydroxyl groups is 1. The molecule has 2 rings (SSSR count). The van der Waals surface area contributed by atoms with E-state index in [1.807, 2.05) is 0 Å². The number of pyridine rings is 1. The first-order valence-corrected chi connectivity index (χ1v) is 5.85. The van der Waals surface area contributed by atoms with E-state index in [2.05, 4.69) is 10.3 Å². The summed E-state index contributed by atoms with van der Waals surface area (Å²) in [6, 6.07) is 8.14. The summed E-state index contributed by atoms with van der Waals surface area (Å²) in [4.78, 5) is 26.5. The Labute approximate surface area is 118 Å². The van der Waals surface area contributed by atoms with Gasteiger partial charge in [-0.1, -0.05) is 17.7 Å². The van der Waals surface area contributed by atoms with Gasteiger partial charge in [0.1, 0.15) is 11.6 Å². The Bertz CT molecular complexity index is 688. The molecule has 0 bridgehead atoms. The van der Waals surface area contributed by atoms with E-state index >= 15 is 0 Å². The molecule has 102 valence electrons. The standard InChI is InChI=1S/C13H9ClN2O4/c14-9-5-4-7(17)6-8(9)12(18)16-11-3-1-2-10(15-11)13(19)20/h1-6,17H,(H,19,20)(H,15,16,18). The summed E-state index contributed by atoms with van der Waals surface area (Å²) < 4.78 is 0. The van der Waals surface area contributed by atoms with Crippen LogP contribution in [0.15, 0.2) is 36.4 Å². The van der Waals surface area contributed by atoms with Crippen molar-refractivity contribution in [2.75, 3.05) is 5.32 Å². The van der Waals surface area contributed by atoms with Gasteiger partial charge >= 0.3 is 5.97 Å². The van der Waals surface area contributed by atoms with Crippen LogP contribution in [0, 0.1) is 0 Å². The minimum Gasteiger partial charge on any atom is -0.508 e. The third-order valence-corrected chi connectivity index (χ3v) is 2.73. The van der Waals surface area contributed by atoms with Gasteiger partial charge in [-0.25, -0.2) is 9.78 Å². The highest BCUT2D eigenvalue weighted by Crippen LogP contribution is 2.22. The van der Waals surface area contributed by atoms with Gasteiger partial charge in [-0.05, 0) is 30.3 Å². The zero-order valence-corrected chi connectivity index (χ0v) is 10.8. The highest BCUT2D eigenvalue weighted by molar-refractivity contribution is 6.34. The van der Waals surface area contributed by atoms with Crippen LogP contribution in [0.5, 0.6) is 5.75 Å². The van der Waals surface area contributed by atoms with E-state index < -0.39 is 11.9 Å². The molecule has 1 amide bonds. The van der Waals surface area contributed by atoms with Gasteiger partial charge in [0, 0.05) is 0 Å². The van der Waals surface area contributed by atoms with Crippen molar-refractivity contribution in [2.45, 2.75) is 0 Å². The third kappa shape index (κ3) is 3.04. The normalized spacial score (nSPS) is 10.1. The lowest BCUT2D eigenvalue weighted by Crippen LogP contribution is -2.14. The van der Waals surface area contributed by atoms with Crippen LogP contribution in [0.2, 0.25) is 5.02 Å². The first kappa shape index (κ1) is 13.8. The molecular weight excluding hydrogens is 284 g/mol. The van der Waals surface area contributed by atoms with Crippen molar-refractivity contribution < 1.29 is 19.8 Å². The monoisotopic (exact) mass is 292 g/mol. The molecule has 0 aliphatic carbocycles. The number of nitrogens with zero attached hydrogens (tertiary/aromatic N) is 1. The fraction of sp³-hybridized carbons (Fsp3) is 0. The zero-order valence-electron chi connectivity index (χ0n) is 10.0. The molecule has 1 aromatic carbocycles. The summed E-state index contributed by atoms with van der Waals surface area (Å²) in [7, 11) is 0. The molecule has 0 fully saturated rings. The van der Waals surface area contributed by atoms with Crippen LogP contribution >= 0.6 is 11.6 Å². The molecule has 1 aromatic heterocycles. The van der Waals surface area contributed by atoms with Gasteiger partial charge in [-0.2, -0.15) is 0 Å². The van der Waals surface area contributed by atoms with E-state index in [1.54, 1.807) is 0 Å². The number of carbonyl (C=O) groups excluding carboxylic acids is 1. The predicted molar refractivity (Wildman–Crippen MR) is 72.3 cm³/mol. The van der Waals surface area contributed by atoms with Gasteiger partial charge in [0.15, 0.2) is 5.69 Å². The molecule has 20 heavy (non-hydrogen) atoms. The van der Waals surface area contributed by atoms with Crippen LogP contribution in [-0.2, 0) is 0 Å². The number of carboxylic acid groups (broad SMARTS) is 1. The Kier molecular flexibility index (Phi) is 3.86. The number of phenolic OH excluding ortho intramolecular Hbond substituents is 1. The third-order valence-electron chi connectivity index (χ3n) is 2.40. The van der Waals surface area contributed by atoms with E-state index in [9.17, 15) is 14.7 Å². The van der Waals surface area contributed by atoms with E-state index in [0.717, 1.165) is 0 Å². The average Bonchev–Trinajstić information content (AvgIpc) is 2.41. The van der Waals surface area contributed by atoms with Crippen molar-refractivity contribution in [3.8, 4) is 5.75 Å². The molecule has 0 spiro atoms. The molecule has 0 radical (unpaired) electrons. The second-order valence-corrected chi connectivity index (χ2v) is 4.24. The molecule has 0 unspecified atom stereocenters. The number of hydrogen-bond acceptors (Lipinski definition) is 4. The maximum absolute atomic E-state index is 12.0. The SMILES string of the molecule is O=C(O)c1cccc(NC(=O)c2cc(O)ccc2Cl)n1.